The van der Waals surface area contributed by atoms with Crippen molar-refractivity contribution in [3.8, 4) is 0 Å². The second kappa shape index (κ2) is 8.37. The lowest BCUT2D eigenvalue weighted by atomic mass is 9.72. The van der Waals surface area contributed by atoms with E-state index in [4.69, 9.17) is 4.74 Å². The minimum absolute atomic E-state index is 0.0113. The van der Waals surface area contributed by atoms with Crippen LogP contribution in [0.25, 0.3) is 0 Å². The number of halogens is 3. The van der Waals surface area contributed by atoms with Gasteiger partial charge in [-0.05, 0) is 30.9 Å². The number of carbonyl (C=O) groups excluding carboxylic acids is 1. The van der Waals surface area contributed by atoms with Crippen molar-refractivity contribution in [3.63, 3.8) is 0 Å². The van der Waals surface area contributed by atoms with Gasteiger partial charge < -0.3 is 9.64 Å². The van der Waals surface area contributed by atoms with E-state index in [0.717, 1.165) is 12.1 Å². The van der Waals surface area contributed by atoms with Crippen LogP contribution in [0, 0.1) is 0 Å². The lowest BCUT2D eigenvalue weighted by molar-refractivity contribution is -0.144. The normalized spacial score (nSPS) is 26.7. The average molecular weight is 461 g/mol. The van der Waals surface area contributed by atoms with Crippen LogP contribution in [0.5, 0.6) is 0 Å². The van der Waals surface area contributed by atoms with Crippen molar-refractivity contribution in [1.29, 1.82) is 0 Å². The summed E-state index contributed by atoms with van der Waals surface area (Å²) in [5, 5.41) is 0. The van der Waals surface area contributed by atoms with Crippen LogP contribution >= 0.6 is 0 Å². The molecule has 6 nitrogen and oxygen atoms in total. The Morgan fingerprint density at radius 2 is 1.77 bits per heavy atom. The van der Waals surface area contributed by atoms with Crippen molar-refractivity contribution in [2.24, 2.45) is 0 Å². The third-order valence-electron chi connectivity index (χ3n) is 6.82. The van der Waals surface area contributed by atoms with Gasteiger partial charge in [-0.25, -0.2) is 8.42 Å². The molecule has 0 bridgehead atoms. The Bertz CT molecular complexity index is 921. The number of rotatable bonds is 3. The maximum atomic E-state index is 13.6. The second-order valence-corrected chi connectivity index (χ2v) is 10.9. The SMILES string of the molecule is O=C(N1CCN(C2CCS(=O)(=O)C2)CC1)C1(c2cccc(C(F)(F)F)c2)CCOCC1. The molecule has 0 saturated carbocycles. The lowest BCUT2D eigenvalue weighted by Crippen LogP contribution is -2.57. The predicted molar refractivity (Wildman–Crippen MR) is 108 cm³/mol. The average Bonchev–Trinajstić information content (AvgIpc) is 3.13. The molecule has 3 aliphatic rings. The molecule has 172 valence electrons. The topological polar surface area (TPSA) is 66.9 Å². The Kier molecular flexibility index (Phi) is 6.08. The fourth-order valence-corrected chi connectivity index (χ4v) is 6.76. The molecule has 0 spiro atoms. The number of sulfone groups is 1. The minimum Gasteiger partial charge on any atom is -0.381 e. The van der Waals surface area contributed by atoms with Crippen molar-refractivity contribution in [2.75, 3.05) is 50.9 Å². The number of piperazine rings is 1. The summed E-state index contributed by atoms with van der Waals surface area (Å²) >= 11 is 0. The summed E-state index contributed by atoms with van der Waals surface area (Å²) < 4.78 is 68.9. The zero-order valence-electron chi connectivity index (χ0n) is 17.2. The van der Waals surface area contributed by atoms with Crippen LogP contribution in [0.4, 0.5) is 13.2 Å². The smallest absolute Gasteiger partial charge is 0.381 e. The van der Waals surface area contributed by atoms with Gasteiger partial charge in [0.25, 0.3) is 0 Å². The van der Waals surface area contributed by atoms with Gasteiger partial charge in [-0.15, -0.1) is 0 Å². The summed E-state index contributed by atoms with van der Waals surface area (Å²) in [6.07, 6.45) is -3.18. The van der Waals surface area contributed by atoms with E-state index in [1.807, 2.05) is 0 Å². The third kappa shape index (κ3) is 4.61. The number of amides is 1. The number of hydrogen-bond donors (Lipinski definition) is 0. The molecule has 10 heteroatoms. The molecule has 3 aliphatic heterocycles. The summed E-state index contributed by atoms with van der Waals surface area (Å²) in [4.78, 5) is 17.5. The standard InChI is InChI=1S/C21H27F3N2O4S/c22-21(23,24)17-3-1-2-16(14-17)20(5-11-30-12-6-20)19(27)26-9-7-25(8-10-26)18-4-13-31(28,29)15-18/h1-3,14,18H,4-13,15H2. The van der Waals surface area contributed by atoms with E-state index in [-0.39, 0.29) is 23.5 Å². The van der Waals surface area contributed by atoms with Gasteiger partial charge in [0.2, 0.25) is 5.91 Å². The van der Waals surface area contributed by atoms with E-state index in [1.165, 1.54) is 6.07 Å². The molecule has 0 aromatic heterocycles. The molecule has 1 unspecified atom stereocenters. The van der Waals surface area contributed by atoms with Gasteiger partial charge in [0.05, 0.1) is 22.5 Å². The number of ether oxygens (including phenoxy) is 1. The van der Waals surface area contributed by atoms with Crippen molar-refractivity contribution < 1.29 is 31.1 Å². The zero-order chi connectivity index (χ0) is 22.3. The second-order valence-electron chi connectivity index (χ2n) is 8.66. The third-order valence-corrected chi connectivity index (χ3v) is 8.57. The van der Waals surface area contributed by atoms with Crippen LogP contribution < -0.4 is 0 Å². The van der Waals surface area contributed by atoms with E-state index >= 15 is 0 Å². The molecular weight excluding hydrogens is 433 g/mol. The molecule has 0 N–H and O–H groups in total. The van der Waals surface area contributed by atoms with E-state index in [9.17, 15) is 26.4 Å². The van der Waals surface area contributed by atoms with E-state index in [0.29, 0.717) is 64.2 Å². The highest BCUT2D eigenvalue weighted by molar-refractivity contribution is 7.91. The largest absolute Gasteiger partial charge is 0.416 e. The quantitative estimate of drug-likeness (QED) is 0.691. The Morgan fingerprint density at radius 3 is 2.35 bits per heavy atom. The monoisotopic (exact) mass is 460 g/mol. The predicted octanol–water partition coefficient (Wildman–Crippen LogP) is 2.08. The van der Waals surface area contributed by atoms with Crippen LogP contribution in [0.1, 0.15) is 30.4 Å². The van der Waals surface area contributed by atoms with Crippen molar-refractivity contribution in [2.45, 2.75) is 36.9 Å². The molecule has 3 fully saturated rings. The number of benzene rings is 1. The molecule has 4 rings (SSSR count). The van der Waals surface area contributed by atoms with Gasteiger partial charge in [-0.3, -0.25) is 9.69 Å². The zero-order valence-corrected chi connectivity index (χ0v) is 18.1. The van der Waals surface area contributed by atoms with E-state index in [1.54, 1.807) is 11.0 Å². The highest BCUT2D eigenvalue weighted by Crippen LogP contribution is 2.40. The van der Waals surface area contributed by atoms with Gasteiger partial charge in [-0.2, -0.15) is 13.2 Å². The number of hydrogen-bond acceptors (Lipinski definition) is 5. The maximum absolute atomic E-state index is 13.6. The summed E-state index contributed by atoms with van der Waals surface area (Å²) in [5.74, 6) is 0.205. The van der Waals surface area contributed by atoms with Crippen LogP contribution in [0.3, 0.4) is 0 Å². The molecule has 1 aromatic carbocycles. The lowest BCUT2D eigenvalue weighted by Gasteiger charge is -2.44. The van der Waals surface area contributed by atoms with E-state index < -0.39 is 27.0 Å². The fraction of sp³-hybridized carbons (Fsp3) is 0.667. The Labute approximate surface area is 180 Å². The first kappa shape index (κ1) is 22.5. The molecular formula is C21H27F3N2O4S. The van der Waals surface area contributed by atoms with Crippen molar-refractivity contribution in [3.05, 3.63) is 35.4 Å². The highest BCUT2D eigenvalue weighted by atomic mass is 32.2. The summed E-state index contributed by atoms with van der Waals surface area (Å²) in [7, 11) is -2.98. The number of carbonyl (C=O) groups is 1. The summed E-state index contributed by atoms with van der Waals surface area (Å²) in [5.41, 5.74) is -1.39. The summed E-state index contributed by atoms with van der Waals surface area (Å²) in [6.45, 7) is 2.67. The van der Waals surface area contributed by atoms with Crippen LogP contribution in [0.15, 0.2) is 24.3 Å². The molecule has 0 radical (unpaired) electrons. The van der Waals surface area contributed by atoms with Crippen molar-refractivity contribution in [1.82, 2.24) is 9.80 Å². The molecule has 1 atom stereocenters. The van der Waals surface area contributed by atoms with Crippen molar-refractivity contribution >= 4 is 15.7 Å². The van der Waals surface area contributed by atoms with Gasteiger partial charge >= 0.3 is 6.18 Å². The molecule has 3 heterocycles. The number of nitrogens with zero attached hydrogens (tertiary/aromatic N) is 2. The first-order valence-electron chi connectivity index (χ1n) is 10.6. The Balaban J connectivity index is 1.52. The maximum Gasteiger partial charge on any atom is 0.416 e. The molecule has 1 amide bonds. The first-order valence-corrected chi connectivity index (χ1v) is 12.4. The molecule has 3 saturated heterocycles. The highest BCUT2D eigenvalue weighted by Gasteiger charge is 2.46. The summed E-state index contributed by atoms with van der Waals surface area (Å²) in [6, 6.07) is 5.08. The van der Waals surface area contributed by atoms with Gasteiger partial charge in [0.15, 0.2) is 9.84 Å². The Hall–Kier alpha value is -1.65. The van der Waals surface area contributed by atoms with Gasteiger partial charge in [0.1, 0.15) is 0 Å². The molecule has 1 aromatic rings. The van der Waals surface area contributed by atoms with Crippen LogP contribution in [0.2, 0.25) is 0 Å². The van der Waals surface area contributed by atoms with Crippen LogP contribution in [-0.2, 0) is 31.0 Å². The Morgan fingerprint density at radius 1 is 1.10 bits per heavy atom. The van der Waals surface area contributed by atoms with E-state index in [2.05, 4.69) is 4.90 Å². The van der Waals surface area contributed by atoms with Gasteiger partial charge in [-0.1, -0.05) is 18.2 Å². The number of alkyl halides is 3. The van der Waals surface area contributed by atoms with Crippen LogP contribution in [-0.4, -0.2) is 81.1 Å². The minimum atomic E-state index is -4.47. The molecule has 0 aliphatic carbocycles. The van der Waals surface area contributed by atoms with Gasteiger partial charge in [0, 0.05) is 45.4 Å². The fourth-order valence-electron chi connectivity index (χ4n) is 5.00. The molecule has 31 heavy (non-hydrogen) atoms. The first-order chi connectivity index (χ1) is 14.6.